The largest absolute Gasteiger partial charge is 0.480 e. The summed E-state index contributed by atoms with van der Waals surface area (Å²) < 4.78 is 5.62. The number of hydrogen-bond donors (Lipinski definition) is 4. The van der Waals surface area contributed by atoms with Gasteiger partial charge < -0.3 is 25.6 Å². The fraction of sp³-hybridized carbons (Fsp3) is 0.423. The SMILES string of the molecule is O=C(N[C@@H]1C[C@H]2C[C@@]2(C(=O)N[C@H](CCO)C(=O)O)C1)OCC1c2ccccc2-c2ccccc21. The van der Waals surface area contributed by atoms with Gasteiger partial charge in [-0.3, -0.25) is 4.79 Å². The van der Waals surface area contributed by atoms with Crippen molar-refractivity contribution in [1.82, 2.24) is 10.6 Å². The molecule has 8 heteroatoms. The third-order valence-electron chi connectivity index (χ3n) is 7.55. The van der Waals surface area contributed by atoms with Gasteiger partial charge in [-0.2, -0.15) is 0 Å². The van der Waals surface area contributed by atoms with Crippen molar-refractivity contribution in [1.29, 1.82) is 0 Å². The number of aliphatic hydroxyl groups is 1. The third-order valence-corrected chi connectivity index (χ3v) is 7.55. The van der Waals surface area contributed by atoms with E-state index in [1.807, 2.05) is 24.3 Å². The molecule has 0 spiro atoms. The lowest BCUT2D eigenvalue weighted by molar-refractivity contribution is -0.143. The molecular formula is C26H28N2O6. The number of carboxylic acid groups (broad SMARTS) is 1. The molecule has 3 aliphatic carbocycles. The quantitative estimate of drug-likeness (QED) is 0.476. The normalized spacial score (nSPS) is 25.0. The molecule has 0 aromatic heterocycles. The van der Waals surface area contributed by atoms with E-state index in [0.29, 0.717) is 19.3 Å². The molecular weight excluding hydrogens is 436 g/mol. The van der Waals surface area contributed by atoms with E-state index in [4.69, 9.17) is 9.84 Å². The Labute approximate surface area is 197 Å². The summed E-state index contributed by atoms with van der Waals surface area (Å²) >= 11 is 0. The van der Waals surface area contributed by atoms with E-state index in [2.05, 4.69) is 34.9 Å². The Hall–Kier alpha value is -3.39. The molecule has 4 atom stereocenters. The van der Waals surface area contributed by atoms with Gasteiger partial charge >= 0.3 is 12.1 Å². The Morgan fingerprint density at radius 2 is 1.68 bits per heavy atom. The van der Waals surface area contributed by atoms with Gasteiger partial charge in [0, 0.05) is 25.0 Å². The topological polar surface area (TPSA) is 125 Å². The minimum Gasteiger partial charge on any atom is -0.480 e. The fourth-order valence-electron chi connectivity index (χ4n) is 5.78. The Kier molecular flexibility index (Phi) is 5.77. The number of benzene rings is 2. The molecule has 0 heterocycles. The number of carbonyl (C=O) groups excluding carboxylic acids is 2. The van der Waals surface area contributed by atoms with Crippen molar-refractivity contribution in [3.05, 3.63) is 59.7 Å². The zero-order valence-corrected chi connectivity index (χ0v) is 18.7. The summed E-state index contributed by atoms with van der Waals surface area (Å²) in [6.45, 7) is -0.0945. The number of fused-ring (bicyclic) bond motifs is 4. The first kappa shape index (κ1) is 22.4. The molecule has 2 aromatic carbocycles. The Morgan fingerprint density at radius 3 is 2.29 bits per heavy atom. The van der Waals surface area contributed by atoms with Gasteiger partial charge in [0.25, 0.3) is 0 Å². The summed E-state index contributed by atoms with van der Waals surface area (Å²) in [5, 5.41) is 23.7. The van der Waals surface area contributed by atoms with Gasteiger partial charge in [-0.15, -0.1) is 0 Å². The smallest absolute Gasteiger partial charge is 0.407 e. The van der Waals surface area contributed by atoms with Crippen LogP contribution in [0.3, 0.4) is 0 Å². The van der Waals surface area contributed by atoms with Crippen LogP contribution in [-0.4, -0.2) is 53.5 Å². The molecule has 5 rings (SSSR count). The van der Waals surface area contributed by atoms with Crippen LogP contribution in [0.5, 0.6) is 0 Å². The van der Waals surface area contributed by atoms with E-state index in [1.165, 1.54) is 0 Å². The lowest BCUT2D eigenvalue weighted by Gasteiger charge is -2.21. The number of alkyl carbamates (subject to hydrolysis) is 1. The second-order valence-corrected chi connectivity index (χ2v) is 9.54. The van der Waals surface area contributed by atoms with Gasteiger partial charge in [0.1, 0.15) is 12.6 Å². The van der Waals surface area contributed by atoms with Crippen LogP contribution in [0.1, 0.15) is 42.7 Å². The molecule has 8 nitrogen and oxygen atoms in total. The number of amides is 2. The number of hydrogen-bond acceptors (Lipinski definition) is 5. The van der Waals surface area contributed by atoms with Gasteiger partial charge in [-0.1, -0.05) is 48.5 Å². The molecule has 0 radical (unpaired) electrons. The van der Waals surface area contributed by atoms with Crippen LogP contribution >= 0.6 is 0 Å². The predicted molar refractivity (Wildman–Crippen MR) is 123 cm³/mol. The molecule has 2 fully saturated rings. The highest BCUT2D eigenvalue weighted by Gasteiger charge is 2.65. The molecule has 0 aliphatic heterocycles. The van der Waals surface area contributed by atoms with Crippen LogP contribution < -0.4 is 10.6 Å². The number of rotatable bonds is 8. The first-order chi connectivity index (χ1) is 16.4. The molecule has 2 amide bonds. The van der Waals surface area contributed by atoms with Gasteiger partial charge in [-0.05, 0) is 47.4 Å². The standard InChI is InChI=1S/C26H28N2O6/c29-10-9-22(23(30)31)28-24(32)26-12-15(26)11-16(13-26)27-25(33)34-14-21-19-7-3-1-5-17(19)18-6-2-4-8-20(18)21/h1-8,15-16,21-22,29H,9-14H2,(H,27,33)(H,28,32)(H,30,31)/t15-,16+,22+,26+/m0/s1. The number of carbonyl (C=O) groups is 3. The average Bonchev–Trinajstić information content (AvgIpc) is 3.25. The number of carboxylic acids is 1. The zero-order chi connectivity index (χ0) is 23.9. The molecule has 34 heavy (non-hydrogen) atoms. The monoisotopic (exact) mass is 464 g/mol. The Bertz CT molecular complexity index is 1090. The second kappa shape index (κ2) is 8.76. The fourth-order valence-corrected chi connectivity index (χ4v) is 5.78. The molecule has 0 saturated heterocycles. The van der Waals surface area contributed by atoms with Crippen LogP contribution in [-0.2, 0) is 14.3 Å². The van der Waals surface area contributed by atoms with Crippen LogP contribution in [0.25, 0.3) is 11.1 Å². The molecule has 3 aliphatic rings. The highest BCUT2D eigenvalue weighted by Crippen LogP contribution is 2.63. The van der Waals surface area contributed by atoms with E-state index in [0.717, 1.165) is 22.3 Å². The second-order valence-electron chi connectivity index (χ2n) is 9.54. The van der Waals surface area contributed by atoms with Crippen molar-refractivity contribution in [2.75, 3.05) is 13.2 Å². The summed E-state index contributed by atoms with van der Waals surface area (Å²) in [7, 11) is 0. The predicted octanol–water partition coefficient (Wildman–Crippen LogP) is 2.65. The lowest BCUT2D eigenvalue weighted by atomic mass is 9.98. The molecule has 2 saturated carbocycles. The summed E-state index contributed by atoms with van der Waals surface area (Å²) in [6.07, 6.45) is 1.26. The van der Waals surface area contributed by atoms with Crippen LogP contribution in [0.15, 0.2) is 48.5 Å². The summed E-state index contributed by atoms with van der Waals surface area (Å²) in [4.78, 5) is 36.7. The average molecular weight is 465 g/mol. The van der Waals surface area contributed by atoms with Crippen molar-refractivity contribution < 1.29 is 29.3 Å². The first-order valence-corrected chi connectivity index (χ1v) is 11.7. The zero-order valence-electron chi connectivity index (χ0n) is 18.7. The van der Waals surface area contributed by atoms with Gasteiger partial charge in [0.15, 0.2) is 0 Å². The highest BCUT2D eigenvalue weighted by molar-refractivity contribution is 5.90. The highest BCUT2D eigenvalue weighted by atomic mass is 16.5. The Morgan fingerprint density at radius 1 is 1.03 bits per heavy atom. The van der Waals surface area contributed by atoms with Gasteiger partial charge in [-0.25, -0.2) is 9.59 Å². The number of aliphatic hydroxyl groups excluding tert-OH is 1. The van der Waals surface area contributed by atoms with Crippen molar-refractivity contribution in [2.24, 2.45) is 11.3 Å². The summed E-state index contributed by atoms with van der Waals surface area (Å²) in [6, 6.07) is 15.0. The molecule has 4 N–H and O–H groups in total. The number of ether oxygens (including phenoxy) is 1. The van der Waals surface area contributed by atoms with E-state index in [9.17, 15) is 19.5 Å². The lowest BCUT2D eigenvalue weighted by Crippen LogP contribution is -2.45. The van der Waals surface area contributed by atoms with Crippen LogP contribution in [0, 0.1) is 11.3 Å². The maximum Gasteiger partial charge on any atom is 0.407 e. The summed E-state index contributed by atoms with van der Waals surface area (Å²) in [5.41, 5.74) is 3.98. The summed E-state index contributed by atoms with van der Waals surface area (Å²) in [5.74, 6) is -1.38. The van der Waals surface area contributed by atoms with E-state index in [-0.39, 0.29) is 43.4 Å². The van der Waals surface area contributed by atoms with Crippen molar-refractivity contribution in [3.63, 3.8) is 0 Å². The van der Waals surface area contributed by atoms with E-state index < -0.39 is 23.5 Å². The minimum absolute atomic E-state index is 0.0215. The van der Waals surface area contributed by atoms with E-state index >= 15 is 0 Å². The van der Waals surface area contributed by atoms with Crippen LogP contribution in [0.2, 0.25) is 0 Å². The molecule has 0 unspecified atom stereocenters. The maximum atomic E-state index is 12.8. The first-order valence-electron chi connectivity index (χ1n) is 11.7. The van der Waals surface area contributed by atoms with Gasteiger partial charge in [0.05, 0.1) is 5.41 Å². The maximum absolute atomic E-state index is 12.8. The third kappa shape index (κ3) is 3.92. The van der Waals surface area contributed by atoms with Gasteiger partial charge in [0.2, 0.25) is 5.91 Å². The number of aliphatic carboxylic acids is 1. The van der Waals surface area contributed by atoms with Crippen molar-refractivity contribution >= 4 is 18.0 Å². The molecule has 0 bridgehead atoms. The Balaban J connectivity index is 1.17. The van der Waals surface area contributed by atoms with Crippen molar-refractivity contribution in [3.8, 4) is 11.1 Å². The minimum atomic E-state index is -1.16. The van der Waals surface area contributed by atoms with E-state index in [1.54, 1.807) is 0 Å². The number of nitrogens with one attached hydrogen (secondary N) is 2. The van der Waals surface area contributed by atoms with Crippen LogP contribution in [0.4, 0.5) is 4.79 Å². The van der Waals surface area contributed by atoms with Crippen molar-refractivity contribution in [2.45, 2.75) is 43.7 Å². The molecule has 2 aromatic rings. The molecule has 178 valence electrons.